The second-order valence-electron chi connectivity index (χ2n) is 5.70. The van der Waals surface area contributed by atoms with Crippen molar-refractivity contribution < 1.29 is 9.53 Å². The quantitative estimate of drug-likeness (QED) is 0.280. The Morgan fingerprint density at radius 2 is 1.88 bits per heavy atom. The third-order valence-corrected chi connectivity index (χ3v) is 4.62. The van der Waals surface area contributed by atoms with Gasteiger partial charge in [0.15, 0.2) is 5.96 Å². The highest BCUT2D eigenvalue weighted by atomic mass is 127. The summed E-state index contributed by atoms with van der Waals surface area (Å²) >= 11 is 1.82. The number of esters is 1. The van der Waals surface area contributed by atoms with Crippen LogP contribution in [0.2, 0.25) is 0 Å². The van der Waals surface area contributed by atoms with Gasteiger partial charge in [0.2, 0.25) is 0 Å². The van der Waals surface area contributed by atoms with Crippen LogP contribution in [-0.4, -0.2) is 43.1 Å². The molecule has 0 saturated carbocycles. The Kier molecular flexibility index (Phi) is 11.1. The third kappa shape index (κ3) is 8.23. The number of carbonyl (C=O) groups is 1. The van der Waals surface area contributed by atoms with Crippen LogP contribution in [0.1, 0.15) is 36.7 Å². The van der Waals surface area contributed by atoms with Crippen LogP contribution in [0, 0.1) is 0 Å². The van der Waals surface area contributed by atoms with Gasteiger partial charge in [0, 0.05) is 17.8 Å². The summed E-state index contributed by atoms with van der Waals surface area (Å²) in [4.78, 5) is 16.0. The van der Waals surface area contributed by atoms with Crippen LogP contribution in [0.5, 0.6) is 0 Å². The highest BCUT2D eigenvalue weighted by molar-refractivity contribution is 14.0. The van der Waals surface area contributed by atoms with Gasteiger partial charge in [0.05, 0.1) is 19.2 Å². The summed E-state index contributed by atoms with van der Waals surface area (Å²) < 4.78 is 4.84. The van der Waals surface area contributed by atoms with Gasteiger partial charge in [-0.1, -0.05) is 12.1 Å². The largest absolute Gasteiger partial charge is 0.465 e. The van der Waals surface area contributed by atoms with Crippen molar-refractivity contribution in [3.05, 3.63) is 35.4 Å². The topological polar surface area (TPSA) is 62.7 Å². The summed E-state index contributed by atoms with van der Waals surface area (Å²) in [6, 6.07) is 7.30. The van der Waals surface area contributed by atoms with E-state index in [0.29, 0.717) is 12.1 Å². The minimum Gasteiger partial charge on any atom is -0.465 e. The van der Waals surface area contributed by atoms with E-state index >= 15 is 0 Å². The number of carbonyl (C=O) groups excluding carboxylic acids is 1. The standard InChI is InChI=1S/C17H27N3O2S.HI/c1-6-18-16(20-12-17(2,3)23-5)19-11-13-7-9-14(10-8-13)15(21)22-4;/h7-10H,6,11-12H2,1-5H3,(H2,18,19,20);1H. The predicted molar refractivity (Wildman–Crippen MR) is 114 cm³/mol. The molecule has 1 rings (SSSR count). The lowest BCUT2D eigenvalue weighted by molar-refractivity contribution is 0.0600. The van der Waals surface area contributed by atoms with Gasteiger partial charge in [-0.25, -0.2) is 9.79 Å². The summed E-state index contributed by atoms with van der Waals surface area (Å²) in [6.45, 7) is 8.63. The van der Waals surface area contributed by atoms with Gasteiger partial charge in [-0.3, -0.25) is 0 Å². The first-order valence-corrected chi connectivity index (χ1v) is 8.89. The van der Waals surface area contributed by atoms with Crippen molar-refractivity contribution in [3.8, 4) is 0 Å². The zero-order valence-electron chi connectivity index (χ0n) is 15.0. The van der Waals surface area contributed by atoms with E-state index < -0.39 is 0 Å². The fraction of sp³-hybridized carbons (Fsp3) is 0.529. The number of ether oxygens (including phenoxy) is 1. The van der Waals surface area contributed by atoms with E-state index in [-0.39, 0.29) is 34.7 Å². The summed E-state index contributed by atoms with van der Waals surface area (Å²) in [7, 11) is 1.38. The maximum Gasteiger partial charge on any atom is 0.337 e. The number of benzene rings is 1. The van der Waals surface area contributed by atoms with Crippen LogP contribution >= 0.6 is 35.7 Å². The second-order valence-corrected chi connectivity index (χ2v) is 7.21. The molecule has 7 heteroatoms. The molecule has 0 atom stereocenters. The Hall–Kier alpha value is -0.960. The molecule has 0 aliphatic rings. The van der Waals surface area contributed by atoms with Crippen molar-refractivity contribution in [2.24, 2.45) is 4.99 Å². The van der Waals surface area contributed by atoms with Gasteiger partial charge in [0.1, 0.15) is 0 Å². The predicted octanol–water partition coefficient (Wildman–Crippen LogP) is 3.29. The number of guanidine groups is 1. The average molecular weight is 465 g/mol. The normalized spacial score (nSPS) is 11.5. The van der Waals surface area contributed by atoms with Gasteiger partial charge in [-0.2, -0.15) is 11.8 Å². The molecule has 0 aromatic heterocycles. The number of rotatable bonds is 7. The molecule has 0 aliphatic heterocycles. The fourth-order valence-corrected chi connectivity index (χ4v) is 1.96. The Balaban J connectivity index is 0.00000529. The van der Waals surface area contributed by atoms with Gasteiger partial charge in [-0.15, -0.1) is 24.0 Å². The minimum atomic E-state index is -0.325. The van der Waals surface area contributed by atoms with E-state index in [2.05, 4.69) is 35.7 Å². The number of nitrogens with zero attached hydrogens (tertiary/aromatic N) is 1. The molecule has 0 aliphatic carbocycles. The van der Waals surface area contributed by atoms with E-state index in [9.17, 15) is 4.79 Å². The molecule has 0 saturated heterocycles. The smallest absolute Gasteiger partial charge is 0.337 e. The highest BCUT2D eigenvalue weighted by Crippen LogP contribution is 2.19. The van der Waals surface area contributed by atoms with E-state index in [1.54, 1.807) is 12.1 Å². The molecular formula is C17H28IN3O2S. The Morgan fingerprint density at radius 3 is 2.38 bits per heavy atom. The van der Waals surface area contributed by atoms with Crippen LogP contribution in [0.15, 0.2) is 29.3 Å². The molecule has 5 nitrogen and oxygen atoms in total. The monoisotopic (exact) mass is 465 g/mol. The van der Waals surface area contributed by atoms with Crippen LogP contribution in [0.4, 0.5) is 0 Å². The van der Waals surface area contributed by atoms with Crippen molar-refractivity contribution in [2.45, 2.75) is 32.1 Å². The van der Waals surface area contributed by atoms with Crippen molar-refractivity contribution in [1.29, 1.82) is 0 Å². The van der Waals surface area contributed by atoms with E-state index in [0.717, 1.165) is 24.6 Å². The molecule has 1 aromatic rings. The molecule has 0 spiro atoms. The highest BCUT2D eigenvalue weighted by Gasteiger charge is 2.16. The van der Waals surface area contributed by atoms with Crippen molar-refractivity contribution in [2.75, 3.05) is 26.5 Å². The Labute approximate surface area is 166 Å². The van der Waals surface area contributed by atoms with Gasteiger partial charge >= 0.3 is 5.97 Å². The molecule has 0 unspecified atom stereocenters. The molecule has 1 aromatic carbocycles. The molecule has 0 heterocycles. The summed E-state index contributed by atoms with van der Waals surface area (Å²) in [5.74, 6) is 0.473. The van der Waals surface area contributed by atoms with Crippen molar-refractivity contribution in [1.82, 2.24) is 10.6 Å². The lowest BCUT2D eigenvalue weighted by Gasteiger charge is -2.23. The van der Waals surface area contributed by atoms with Crippen molar-refractivity contribution >= 4 is 47.7 Å². The molecular weight excluding hydrogens is 437 g/mol. The lowest BCUT2D eigenvalue weighted by Crippen LogP contribution is -2.43. The van der Waals surface area contributed by atoms with Crippen LogP contribution < -0.4 is 10.6 Å². The molecule has 0 fully saturated rings. The lowest BCUT2D eigenvalue weighted by atomic mass is 10.1. The first-order valence-electron chi connectivity index (χ1n) is 7.66. The molecule has 0 bridgehead atoms. The molecule has 24 heavy (non-hydrogen) atoms. The average Bonchev–Trinajstić information content (AvgIpc) is 2.57. The number of nitrogens with one attached hydrogen (secondary N) is 2. The number of aliphatic imine (C=N–C) groups is 1. The van der Waals surface area contributed by atoms with E-state index in [1.165, 1.54) is 7.11 Å². The Morgan fingerprint density at radius 1 is 1.25 bits per heavy atom. The maximum atomic E-state index is 11.4. The molecule has 0 amide bonds. The van der Waals surface area contributed by atoms with Gasteiger partial charge < -0.3 is 15.4 Å². The number of thioether (sulfide) groups is 1. The van der Waals surface area contributed by atoms with Crippen LogP contribution in [-0.2, 0) is 11.3 Å². The minimum absolute atomic E-state index is 0. The SMILES string of the molecule is CCNC(=NCc1ccc(C(=O)OC)cc1)NCC(C)(C)SC.I. The van der Waals surface area contributed by atoms with E-state index in [1.807, 2.05) is 30.8 Å². The van der Waals surface area contributed by atoms with Crippen LogP contribution in [0.25, 0.3) is 0 Å². The summed E-state index contributed by atoms with van der Waals surface area (Å²) in [6.07, 6.45) is 2.11. The first kappa shape index (κ1) is 23.0. The number of halogens is 1. The number of hydrogen-bond acceptors (Lipinski definition) is 4. The molecule has 0 radical (unpaired) electrons. The number of methoxy groups -OCH3 is 1. The molecule has 2 N–H and O–H groups in total. The van der Waals surface area contributed by atoms with Crippen molar-refractivity contribution in [3.63, 3.8) is 0 Å². The van der Waals surface area contributed by atoms with Gasteiger partial charge in [0.25, 0.3) is 0 Å². The number of hydrogen-bond donors (Lipinski definition) is 2. The van der Waals surface area contributed by atoms with Crippen LogP contribution in [0.3, 0.4) is 0 Å². The Bertz CT molecular complexity index is 533. The zero-order chi connectivity index (χ0) is 17.3. The fourth-order valence-electron chi connectivity index (χ4n) is 1.74. The third-order valence-electron chi connectivity index (χ3n) is 3.37. The first-order chi connectivity index (χ1) is 10.9. The molecule has 136 valence electrons. The second kappa shape index (κ2) is 11.6. The summed E-state index contributed by atoms with van der Waals surface area (Å²) in [5, 5.41) is 6.61. The van der Waals surface area contributed by atoms with Gasteiger partial charge in [-0.05, 0) is 44.7 Å². The zero-order valence-corrected chi connectivity index (χ0v) is 18.2. The van der Waals surface area contributed by atoms with E-state index in [4.69, 9.17) is 4.74 Å². The maximum absolute atomic E-state index is 11.4. The summed E-state index contributed by atoms with van der Waals surface area (Å²) in [5.41, 5.74) is 1.59.